The summed E-state index contributed by atoms with van der Waals surface area (Å²) in [7, 11) is 0. The predicted octanol–water partition coefficient (Wildman–Crippen LogP) is 3.60. The summed E-state index contributed by atoms with van der Waals surface area (Å²) >= 11 is 5.54. The predicted molar refractivity (Wildman–Crippen MR) is 62.0 cm³/mol. The molecule has 6 heteroatoms. The van der Waals surface area contributed by atoms with E-state index in [1.165, 1.54) is 6.07 Å². The van der Waals surface area contributed by atoms with Gasteiger partial charge in [-0.2, -0.15) is 13.2 Å². The minimum Gasteiger partial charge on any atom is -0.472 e. The Morgan fingerprint density at radius 1 is 1.44 bits per heavy atom. The number of hydrogen-bond donors (Lipinski definition) is 0. The molecule has 1 atom stereocenters. The van der Waals surface area contributed by atoms with E-state index in [0.29, 0.717) is 25.0 Å². The minimum atomic E-state index is -4.42. The van der Waals surface area contributed by atoms with Gasteiger partial charge in [0.25, 0.3) is 6.40 Å². The molecule has 1 aromatic rings. The second-order valence-electron chi connectivity index (χ2n) is 4.04. The lowest BCUT2D eigenvalue weighted by Gasteiger charge is -2.11. The van der Waals surface area contributed by atoms with Gasteiger partial charge in [0.1, 0.15) is 6.61 Å². The van der Waals surface area contributed by atoms with Crippen LogP contribution in [0.4, 0.5) is 13.2 Å². The number of halogens is 4. The topological polar surface area (TPSA) is 21.6 Å². The Bertz CT molecular complexity index is 459. The first kappa shape index (κ1) is 13.2. The summed E-state index contributed by atoms with van der Waals surface area (Å²) in [6, 6.07) is 3.95. The molecule has 0 amide bonds. The number of alkyl halides is 3. The van der Waals surface area contributed by atoms with E-state index >= 15 is 0 Å². The Morgan fingerprint density at radius 2 is 2.22 bits per heavy atom. The first-order valence-corrected chi connectivity index (χ1v) is 5.77. The first-order chi connectivity index (χ1) is 8.47. The maximum atomic E-state index is 12.6. The average Bonchev–Trinajstić information content (AvgIpc) is 2.79. The molecule has 18 heavy (non-hydrogen) atoms. The summed E-state index contributed by atoms with van der Waals surface area (Å²) in [5.74, 6) is 0. The van der Waals surface area contributed by atoms with Crippen molar-refractivity contribution in [2.45, 2.75) is 25.1 Å². The minimum absolute atomic E-state index is 0.0185. The second-order valence-corrected chi connectivity index (χ2v) is 4.44. The van der Waals surface area contributed by atoms with E-state index in [1.54, 1.807) is 6.07 Å². The van der Waals surface area contributed by atoms with Gasteiger partial charge in [-0.15, -0.1) is 0 Å². The van der Waals surface area contributed by atoms with Gasteiger partial charge in [-0.3, -0.25) is 0 Å². The van der Waals surface area contributed by atoms with Crippen molar-refractivity contribution in [3.8, 4) is 0 Å². The Hall–Kier alpha value is -1.23. The zero-order chi connectivity index (χ0) is 13.2. The van der Waals surface area contributed by atoms with E-state index in [4.69, 9.17) is 16.3 Å². The maximum absolute atomic E-state index is 12.6. The molecule has 1 aliphatic rings. The van der Waals surface area contributed by atoms with E-state index in [2.05, 4.69) is 11.4 Å². The highest BCUT2D eigenvalue weighted by atomic mass is 35.5. The van der Waals surface area contributed by atoms with Crippen LogP contribution < -0.4 is 0 Å². The normalized spacial score (nSPS) is 19.0. The number of aliphatic imine (C=N–C) groups is 1. The molecular weight excluding hydrogens is 267 g/mol. The van der Waals surface area contributed by atoms with Crippen LogP contribution in [0.3, 0.4) is 0 Å². The molecule has 1 heterocycles. The summed E-state index contributed by atoms with van der Waals surface area (Å²) in [5.41, 5.74) is -0.201. The molecule has 1 radical (unpaired) electrons. The molecule has 0 saturated carbocycles. The van der Waals surface area contributed by atoms with E-state index in [0.717, 1.165) is 6.07 Å². The summed E-state index contributed by atoms with van der Waals surface area (Å²) in [5, 5.41) is -0.276. The van der Waals surface area contributed by atoms with Crippen LogP contribution >= 0.6 is 11.6 Å². The number of nitrogens with zero attached hydrogens (tertiary/aromatic N) is 1. The van der Waals surface area contributed by atoms with Crippen LogP contribution in [0.2, 0.25) is 5.02 Å². The lowest BCUT2D eigenvalue weighted by Crippen LogP contribution is -2.09. The lowest BCUT2D eigenvalue weighted by molar-refractivity contribution is -0.137. The van der Waals surface area contributed by atoms with Crippen LogP contribution in [-0.4, -0.2) is 19.0 Å². The molecule has 97 valence electrons. The first-order valence-electron chi connectivity index (χ1n) is 5.39. The number of benzene rings is 1. The Kier molecular flexibility index (Phi) is 3.80. The highest BCUT2D eigenvalue weighted by Gasteiger charge is 2.33. The SMILES string of the molecule is FC(F)(F)c1cc(CCC2CO[C]=N2)ccc1Cl. The van der Waals surface area contributed by atoms with Crippen LogP contribution in [0.5, 0.6) is 0 Å². The van der Waals surface area contributed by atoms with Gasteiger partial charge in [0.2, 0.25) is 0 Å². The molecule has 0 aromatic heterocycles. The average molecular weight is 277 g/mol. The molecule has 2 nitrogen and oxygen atoms in total. The third kappa shape index (κ3) is 3.16. The third-order valence-electron chi connectivity index (χ3n) is 2.68. The van der Waals surface area contributed by atoms with Gasteiger partial charge in [0, 0.05) is 0 Å². The van der Waals surface area contributed by atoms with Crippen molar-refractivity contribution in [1.82, 2.24) is 0 Å². The fraction of sp³-hybridized carbons (Fsp3) is 0.417. The fourth-order valence-electron chi connectivity index (χ4n) is 1.71. The molecule has 0 N–H and O–H groups in total. The third-order valence-corrected chi connectivity index (χ3v) is 3.01. The van der Waals surface area contributed by atoms with Gasteiger partial charge in [-0.05, 0) is 30.5 Å². The summed E-state index contributed by atoms with van der Waals surface area (Å²) in [6.07, 6.45) is -0.914. The van der Waals surface area contributed by atoms with Crippen molar-refractivity contribution in [3.05, 3.63) is 34.3 Å². The van der Waals surface area contributed by atoms with Gasteiger partial charge < -0.3 is 4.74 Å². The van der Waals surface area contributed by atoms with Gasteiger partial charge >= 0.3 is 6.18 Å². The molecule has 1 aromatic carbocycles. The van der Waals surface area contributed by atoms with E-state index in [9.17, 15) is 13.2 Å². The zero-order valence-corrected chi connectivity index (χ0v) is 10.1. The summed E-state index contributed by atoms with van der Waals surface area (Å²) in [6.45, 7) is 0.444. The smallest absolute Gasteiger partial charge is 0.417 e. The van der Waals surface area contributed by atoms with E-state index in [-0.39, 0.29) is 11.1 Å². The van der Waals surface area contributed by atoms with Gasteiger partial charge in [-0.25, -0.2) is 4.99 Å². The molecule has 0 spiro atoms. The number of ether oxygens (including phenoxy) is 1. The van der Waals surface area contributed by atoms with Crippen molar-refractivity contribution >= 4 is 18.0 Å². The van der Waals surface area contributed by atoms with Crippen molar-refractivity contribution < 1.29 is 17.9 Å². The van der Waals surface area contributed by atoms with Crippen LogP contribution in [-0.2, 0) is 17.3 Å². The Balaban J connectivity index is 2.07. The van der Waals surface area contributed by atoms with Gasteiger partial charge in [0.05, 0.1) is 16.6 Å². The number of aryl methyl sites for hydroxylation is 1. The molecular formula is C12H10ClF3NO. The monoisotopic (exact) mass is 276 g/mol. The molecule has 0 bridgehead atoms. The highest BCUT2D eigenvalue weighted by Crippen LogP contribution is 2.35. The highest BCUT2D eigenvalue weighted by molar-refractivity contribution is 6.31. The van der Waals surface area contributed by atoms with Crippen LogP contribution in [0.25, 0.3) is 0 Å². The van der Waals surface area contributed by atoms with Crippen LogP contribution in [0, 0.1) is 0 Å². The van der Waals surface area contributed by atoms with E-state index in [1.807, 2.05) is 0 Å². The number of hydrogen-bond acceptors (Lipinski definition) is 2. The van der Waals surface area contributed by atoms with Crippen molar-refractivity contribution in [2.75, 3.05) is 6.61 Å². The zero-order valence-electron chi connectivity index (χ0n) is 9.30. The van der Waals surface area contributed by atoms with Crippen LogP contribution in [0.1, 0.15) is 17.5 Å². The fourth-order valence-corrected chi connectivity index (χ4v) is 1.93. The molecule has 2 rings (SSSR count). The Labute approximate surface area is 107 Å². The standard InChI is InChI=1S/C12H10ClF3NO/c13-11-4-2-8(5-10(11)12(14,15)16)1-3-9-6-18-7-17-9/h2,4-5,9H,1,3,6H2. The molecule has 1 aliphatic heterocycles. The van der Waals surface area contributed by atoms with Gasteiger partial charge in [0.15, 0.2) is 0 Å². The largest absolute Gasteiger partial charge is 0.472 e. The second kappa shape index (κ2) is 5.18. The van der Waals surface area contributed by atoms with Crippen molar-refractivity contribution in [3.63, 3.8) is 0 Å². The van der Waals surface area contributed by atoms with Crippen LogP contribution in [0.15, 0.2) is 23.2 Å². The van der Waals surface area contributed by atoms with Crippen molar-refractivity contribution in [1.29, 1.82) is 0 Å². The number of rotatable bonds is 3. The molecule has 0 fully saturated rings. The molecule has 1 unspecified atom stereocenters. The molecule has 0 saturated heterocycles. The quantitative estimate of drug-likeness (QED) is 0.827. The van der Waals surface area contributed by atoms with Gasteiger partial charge in [-0.1, -0.05) is 17.7 Å². The maximum Gasteiger partial charge on any atom is 0.417 e. The summed E-state index contributed by atoms with van der Waals surface area (Å²) in [4.78, 5) is 3.92. The summed E-state index contributed by atoms with van der Waals surface area (Å²) < 4.78 is 42.7. The lowest BCUT2D eigenvalue weighted by atomic mass is 10.0. The van der Waals surface area contributed by atoms with Crippen molar-refractivity contribution in [2.24, 2.45) is 4.99 Å². The Morgan fingerprint density at radius 3 is 2.83 bits per heavy atom. The van der Waals surface area contributed by atoms with E-state index < -0.39 is 11.7 Å². The molecule has 0 aliphatic carbocycles.